The number of nitrogens with zero attached hydrogens (tertiary/aromatic N) is 2. The summed E-state index contributed by atoms with van der Waals surface area (Å²) in [7, 11) is 6.11. The number of nitrogens with one attached hydrogen (secondary N) is 1. The predicted molar refractivity (Wildman–Crippen MR) is 119 cm³/mol. The van der Waals surface area contributed by atoms with Crippen LogP contribution in [-0.4, -0.2) is 62.2 Å². The zero-order valence-electron chi connectivity index (χ0n) is 18.8. The number of aromatic nitrogens is 1. The van der Waals surface area contributed by atoms with Crippen LogP contribution >= 0.6 is 0 Å². The third-order valence-corrected chi connectivity index (χ3v) is 5.76. The molecule has 32 heavy (non-hydrogen) atoms. The van der Waals surface area contributed by atoms with Crippen LogP contribution in [0.2, 0.25) is 0 Å². The van der Waals surface area contributed by atoms with Crippen LogP contribution in [0, 0.1) is 5.92 Å². The lowest BCUT2D eigenvalue weighted by Gasteiger charge is -2.32. The van der Waals surface area contributed by atoms with Crippen molar-refractivity contribution >= 4 is 11.8 Å². The molecule has 0 bridgehead atoms. The number of hydrogen-bond donors (Lipinski definition) is 1. The second-order valence-electron chi connectivity index (χ2n) is 7.67. The minimum absolute atomic E-state index is 0.183. The van der Waals surface area contributed by atoms with Gasteiger partial charge in [-0.15, -0.1) is 0 Å². The van der Waals surface area contributed by atoms with Gasteiger partial charge in [0.1, 0.15) is 5.56 Å². The van der Waals surface area contributed by atoms with E-state index in [1.165, 1.54) is 25.9 Å². The largest absolute Gasteiger partial charge is 0.493 e. The first kappa shape index (κ1) is 23.2. The van der Waals surface area contributed by atoms with E-state index < -0.39 is 0 Å². The van der Waals surface area contributed by atoms with Crippen molar-refractivity contribution in [2.45, 2.75) is 12.8 Å². The first-order chi connectivity index (χ1) is 15.4. The van der Waals surface area contributed by atoms with E-state index >= 15 is 0 Å². The van der Waals surface area contributed by atoms with E-state index in [4.69, 9.17) is 14.2 Å². The Balaban J connectivity index is 1.58. The molecular formula is C23H29N3O6. The van der Waals surface area contributed by atoms with E-state index in [0.717, 1.165) is 12.8 Å². The van der Waals surface area contributed by atoms with Crippen LogP contribution in [0.1, 0.15) is 33.6 Å². The van der Waals surface area contributed by atoms with Crippen LogP contribution in [0.3, 0.4) is 0 Å². The van der Waals surface area contributed by atoms with Gasteiger partial charge in [0.2, 0.25) is 5.75 Å². The van der Waals surface area contributed by atoms with Gasteiger partial charge in [-0.2, -0.15) is 0 Å². The van der Waals surface area contributed by atoms with E-state index in [-0.39, 0.29) is 28.9 Å². The Morgan fingerprint density at radius 1 is 1.00 bits per heavy atom. The maximum atomic E-state index is 12.8. The van der Waals surface area contributed by atoms with Crippen molar-refractivity contribution in [2.24, 2.45) is 13.0 Å². The molecule has 1 aliphatic heterocycles. The van der Waals surface area contributed by atoms with Crippen LogP contribution in [0.4, 0.5) is 0 Å². The summed E-state index contributed by atoms with van der Waals surface area (Å²) in [5, 5.41) is 2.95. The Labute approximate surface area is 186 Å². The third-order valence-electron chi connectivity index (χ3n) is 5.76. The normalized spacial score (nSPS) is 14.1. The lowest BCUT2D eigenvalue weighted by molar-refractivity contribution is 0.0682. The number of likely N-dealkylation sites (tertiary alicyclic amines) is 1. The number of ether oxygens (including phenoxy) is 3. The number of aryl methyl sites for hydroxylation is 1. The van der Waals surface area contributed by atoms with E-state index in [9.17, 15) is 14.4 Å². The van der Waals surface area contributed by atoms with E-state index in [1.54, 1.807) is 42.4 Å². The summed E-state index contributed by atoms with van der Waals surface area (Å²) in [6.45, 7) is 1.56. The lowest BCUT2D eigenvalue weighted by Crippen LogP contribution is -2.43. The van der Waals surface area contributed by atoms with Gasteiger partial charge in [-0.25, -0.2) is 0 Å². The Morgan fingerprint density at radius 2 is 1.69 bits per heavy atom. The van der Waals surface area contributed by atoms with Gasteiger partial charge in [-0.05, 0) is 43.0 Å². The highest BCUT2D eigenvalue weighted by Crippen LogP contribution is 2.39. The smallest absolute Gasteiger partial charge is 0.263 e. The highest BCUT2D eigenvalue weighted by Gasteiger charge is 2.26. The molecule has 2 heterocycles. The van der Waals surface area contributed by atoms with Gasteiger partial charge in [-0.3, -0.25) is 14.4 Å². The van der Waals surface area contributed by atoms with Crippen molar-refractivity contribution in [1.82, 2.24) is 14.8 Å². The fourth-order valence-corrected chi connectivity index (χ4v) is 3.88. The van der Waals surface area contributed by atoms with Crippen LogP contribution in [-0.2, 0) is 7.05 Å². The number of carbonyl (C=O) groups is 2. The van der Waals surface area contributed by atoms with Gasteiger partial charge in [0.15, 0.2) is 11.5 Å². The minimum Gasteiger partial charge on any atom is -0.493 e. The van der Waals surface area contributed by atoms with Gasteiger partial charge >= 0.3 is 0 Å². The van der Waals surface area contributed by atoms with Gasteiger partial charge < -0.3 is 29.0 Å². The average Bonchev–Trinajstić information content (AvgIpc) is 2.82. The van der Waals surface area contributed by atoms with E-state index in [2.05, 4.69) is 5.32 Å². The topological polar surface area (TPSA) is 99.1 Å². The molecule has 0 radical (unpaired) electrons. The number of hydrogen-bond acceptors (Lipinski definition) is 6. The molecule has 2 amide bonds. The summed E-state index contributed by atoms with van der Waals surface area (Å²) < 4.78 is 17.4. The lowest BCUT2D eigenvalue weighted by atomic mass is 9.96. The zero-order chi connectivity index (χ0) is 23.3. The molecule has 2 aromatic rings. The Hall–Kier alpha value is -3.49. The van der Waals surface area contributed by atoms with Crippen molar-refractivity contribution in [3.8, 4) is 17.2 Å². The van der Waals surface area contributed by atoms with Crippen molar-refractivity contribution in [3.63, 3.8) is 0 Å². The molecule has 0 atom stereocenters. The minimum atomic E-state index is -0.296. The monoisotopic (exact) mass is 443 g/mol. The zero-order valence-corrected chi connectivity index (χ0v) is 18.8. The van der Waals surface area contributed by atoms with Gasteiger partial charge in [0, 0.05) is 32.9 Å². The molecule has 9 nitrogen and oxygen atoms in total. The number of pyridine rings is 1. The van der Waals surface area contributed by atoms with E-state index in [1.807, 2.05) is 0 Å². The Bertz CT molecular complexity index is 1040. The summed E-state index contributed by atoms with van der Waals surface area (Å²) in [6, 6.07) is 6.55. The van der Waals surface area contributed by atoms with Crippen LogP contribution < -0.4 is 25.1 Å². The standard InChI is InChI=1S/C23H29N3O6/c1-25-11-5-6-17(22(25)28)23(29)26-12-9-15(10-13-26)14-24-21(27)16-7-8-18(30-2)20(32-4)19(16)31-3/h5-8,11,15H,9-10,12-14H2,1-4H3,(H,24,27). The first-order valence-electron chi connectivity index (χ1n) is 10.4. The molecule has 0 unspecified atom stereocenters. The van der Waals surface area contributed by atoms with Crippen molar-refractivity contribution < 1.29 is 23.8 Å². The van der Waals surface area contributed by atoms with Crippen LogP contribution in [0.25, 0.3) is 0 Å². The van der Waals surface area contributed by atoms with Gasteiger partial charge in [0.05, 0.1) is 26.9 Å². The maximum absolute atomic E-state index is 12.8. The van der Waals surface area contributed by atoms with E-state index in [0.29, 0.717) is 42.4 Å². The third kappa shape index (κ3) is 4.71. The molecule has 172 valence electrons. The van der Waals surface area contributed by atoms with Gasteiger partial charge in [-0.1, -0.05) is 0 Å². The predicted octanol–water partition coefficient (Wildman–Crippen LogP) is 1.69. The average molecular weight is 444 g/mol. The molecule has 1 saturated heterocycles. The van der Waals surface area contributed by atoms with Crippen molar-refractivity contribution in [2.75, 3.05) is 41.0 Å². The number of methoxy groups -OCH3 is 3. The molecular weight excluding hydrogens is 414 g/mol. The molecule has 0 saturated carbocycles. The second kappa shape index (κ2) is 10.2. The Morgan fingerprint density at radius 3 is 2.31 bits per heavy atom. The Kier molecular flexibility index (Phi) is 7.40. The van der Waals surface area contributed by atoms with Crippen molar-refractivity contribution in [1.29, 1.82) is 0 Å². The number of benzene rings is 1. The second-order valence-corrected chi connectivity index (χ2v) is 7.67. The van der Waals surface area contributed by atoms with Gasteiger partial charge in [0.25, 0.3) is 17.4 Å². The molecule has 1 aliphatic rings. The van der Waals surface area contributed by atoms with Crippen LogP contribution in [0.5, 0.6) is 17.2 Å². The molecule has 0 aliphatic carbocycles. The fourth-order valence-electron chi connectivity index (χ4n) is 3.88. The number of amides is 2. The van der Waals surface area contributed by atoms with Crippen LogP contribution in [0.15, 0.2) is 35.3 Å². The highest BCUT2D eigenvalue weighted by atomic mass is 16.5. The maximum Gasteiger partial charge on any atom is 0.263 e. The molecule has 1 N–H and O–H groups in total. The number of piperidine rings is 1. The summed E-state index contributed by atoms with van der Waals surface area (Å²) >= 11 is 0. The number of carbonyl (C=O) groups excluding carboxylic acids is 2. The summed E-state index contributed by atoms with van der Waals surface area (Å²) in [5.41, 5.74) is 0.246. The van der Waals surface area contributed by atoms with Crippen molar-refractivity contribution in [3.05, 3.63) is 51.9 Å². The summed E-state index contributed by atoms with van der Waals surface area (Å²) in [4.78, 5) is 39.4. The molecule has 1 aromatic carbocycles. The highest BCUT2D eigenvalue weighted by molar-refractivity contribution is 5.98. The SMILES string of the molecule is COc1ccc(C(=O)NCC2CCN(C(=O)c3cccn(C)c3=O)CC2)c(OC)c1OC. The summed E-state index contributed by atoms with van der Waals surface area (Å²) in [5.74, 6) is 0.868. The first-order valence-corrected chi connectivity index (χ1v) is 10.4. The molecule has 1 fully saturated rings. The molecule has 9 heteroatoms. The molecule has 1 aromatic heterocycles. The number of rotatable bonds is 7. The molecule has 0 spiro atoms. The fraction of sp³-hybridized carbons (Fsp3) is 0.435. The molecule has 3 rings (SSSR count). The summed E-state index contributed by atoms with van der Waals surface area (Å²) in [6.07, 6.45) is 3.10. The quantitative estimate of drug-likeness (QED) is 0.699.